The van der Waals surface area contributed by atoms with Crippen LogP contribution in [0.5, 0.6) is 5.75 Å². The molecule has 0 heterocycles. The Morgan fingerprint density at radius 3 is 2.53 bits per heavy atom. The summed E-state index contributed by atoms with van der Waals surface area (Å²) in [5, 5.41) is 3.44. The summed E-state index contributed by atoms with van der Waals surface area (Å²) in [6, 6.07) is 6.74. The highest BCUT2D eigenvalue weighted by Crippen LogP contribution is 2.27. The van der Waals surface area contributed by atoms with Gasteiger partial charge in [-0.15, -0.1) is 0 Å². The molecular weight excluding hydrogens is 210 g/mol. The molecule has 2 nitrogen and oxygen atoms in total. The maximum absolute atomic E-state index is 5.98. The fourth-order valence-corrected chi connectivity index (χ4v) is 1.83. The van der Waals surface area contributed by atoms with Crippen LogP contribution in [-0.2, 0) is 0 Å². The summed E-state index contributed by atoms with van der Waals surface area (Å²) >= 11 is 0. The van der Waals surface area contributed by atoms with Crippen LogP contribution in [0.25, 0.3) is 0 Å². The number of hydrogen-bond donors (Lipinski definition) is 1. The molecule has 0 spiro atoms. The van der Waals surface area contributed by atoms with Crippen molar-refractivity contribution in [1.82, 2.24) is 5.32 Å². The van der Waals surface area contributed by atoms with Gasteiger partial charge in [0.15, 0.2) is 0 Å². The van der Waals surface area contributed by atoms with E-state index in [1.54, 1.807) is 0 Å². The fraction of sp³-hybridized carbons (Fsp3) is 0.600. The molecule has 1 N–H and O–H groups in total. The summed E-state index contributed by atoms with van der Waals surface area (Å²) in [5.41, 5.74) is 2.54. The van der Waals surface area contributed by atoms with Crippen molar-refractivity contribution < 1.29 is 4.74 Å². The minimum Gasteiger partial charge on any atom is -0.490 e. The molecule has 1 rings (SSSR count). The van der Waals surface area contributed by atoms with E-state index < -0.39 is 0 Å². The summed E-state index contributed by atoms with van der Waals surface area (Å²) in [6.45, 7) is 11.7. The highest BCUT2D eigenvalue weighted by Gasteiger charge is 2.12. The number of benzene rings is 1. The average molecular weight is 235 g/mol. The molecule has 2 unspecified atom stereocenters. The number of rotatable bonds is 6. The minimum absolute atomic E-state index is 0.269. The quantitative estimate of drug-likeness (QED) is 0.809. The third kappa shape index (κ3) is 4.04. The Bertz CT molecular complexity index is 349. The molecule has 0 saturated heterocycles. The average Bonchev–Trinajstić information content (AvgIpc) is 2.31. The van der Waals surface area contributed by atoms with Crippen molar-refractivity contribution in [2.75, 3.05) is 6.54 Å². The van der Waals surface area contributed by atoms with Gasteiger partial charge in [0.05, 0.1) is 6.10 Å². The van der Waals surface area contributed by atoms with Crippen LogP contribution in [-0.4, -0.2) is 12.6 Å². The Balaban J connectivity index is 2.94. The van der Waals surface area contributed by atoms with E-state index >= 15 is 0 Å². The number of hydrogen-bond acceptors (Lipinski definition) is 2. The van der Waals surface area contributed by atoms with Gasteiger partial charge < -0.3 is 10.1 Å². The van der Waals surface area contributed by atoms with Crippen LogP contribution >= 0.6 is 0 Å². The van der Waals surface area contributed by atoms with E-state index in [-0.39, 0.29) is 6.10 Å². The Kier molecular flexibility index (Phi) is 5.49. The van der Waals surface area contributed by atoms with Crippen LogP contribution in [0.15, 0.2) is 18.2 Å². The van der Waals surface area contributed by atoms with Crippen molar-refractivity contribution in [3.05, 3.63) is 29.3 Å². The molecule has 2 heteroatoms. The summed E-state index contributed by atoms with van der Waals surface area (Å²) in [5.74, 6) is 1.01. The van der Waals surface area contributed by atoms with E-state index in [4.69, 9.17) is 4.74 Å². The Hall–Kier alpha value is -1.02. The van der Waals surface area contributed by atoms with Gasteiger partial charge in [0.2, 0.25) is 0 Å². The van der Waals surface area contributed by atoms with E-state index in [0.29, 0.717) is 6.04 Å². The van der Waals surface area contributed by atoms with E-state index in [2.05, 4.69) is 58.1 Å². The molecule has 0 radical (unpaired) electrons. The van der Waals surface area contributed by atoms with Crippen LogP contribution in [0, 0.1) is 6.92 Å². The van der Waals surface area contributed by atoms with Crippen LogP contribution in [0.1, 0.15) is 51.3 Å². The van der Waals surface area contributed by atoms with Crippen LogP contribution in [0.2, 0.25) is 0 Å². The zero-order valence-corrected chi connectivity index (χ0v) is 11.7. The first-order valence-corrected chi connectivity index (χ1v) is 6.59. The molecule has 0 amide bonds. The molecule has 0 aliphatic rings. The maximum atomic E-state index is 5.98. The molecular formula is C15H25NO. The lowest BCUT2D eigenvalue weighted by Crippen LogP contribution is -2.20. The van der Waals surface area contributed by atoms with Gasteiger partial charge in [0, 0.05) is 11.6 Å². The first kappa shape index (κ1) is 14.0. The van der Waals surface area contributed by atoms with Gasteiger partial charge in [-0.1, -0.05) is 31.5 Å². The number of nitrogens with one attached hydrogen (secondary N) is 1. The second-order valence-corrected chi connectivity index (χ2v) is 4.66. The monoisotopic (exact) mass is 235 g/mol. The highest BCUT2D eigenvalue weighted by atomic mass is 16.5. The molecule has 1 aromatic rings. The molecule has 96 valence electrons. The largest absolute Gasteiger partial charge is 0.490 e. The molecule has 0 aliphatic heterocycles. The third-order valence-electron chi connectivity index (χ3n) is 3.05. The topological polar surface area (TPSA) is 21.3 Å². The van der Waals surface area contributed by atoms with Gasteiger partial charge in [-0.2, -0.15) is 0 Å². The first-order chi connectivity index (χ1) is 8.08. The van der Waals surface area contributed by atoms with Crippen molar-refractivity contribution in [3.8, 4) is 5.75 Å². The zero-order chi connectivity index (χ0) is 12.8. The van der Waals surface area contributed by atoms with E-state index in [0.717, 1.165) is 18.7 Å². The molecule has 0 aliphatic carbocycles. The number of ether oxygens (including phenoxy) is 1. The molecule has 0 bridgehead atoms. The van der Waals surface area contributed by atoms with Crippen LogP contribution in [0.4, 0.5) is 0 Å². The van der Waals surface area contributed by atoms with Gasteiger partial charge in [-0.05, 0) is 39.8 Å². The predicted octanol–water partition coefficient (Wildman–Crippen LogP) is 3.84. The lowest BCUT2D eigenvalue weighted by molar-refractivity contribution is 0.213. The minimum atomic E-state index is 0.269. The van der Waals surface area contributed by atoms with Crippen molar-refractivity contribution in [3.63, 3.8) is 0 Å². The fourth-order valence-electron chi connectivity index (χ4n) is 1.83. The SMILES string of the molecule is CCNC(C)c1cc(C)ccc1OC(C)CC. The predicted molar refractivity (Wildman–Crippen MR) is 73.7 cm³/mol. The lowest BCUT2D eigenvalue weighted by Gasteiger charge is -2.21. The maximum Gasteiger partial charge on any atom is 0.124 e. The van der Waals surface area contributed by atoms with Crippen molar-refractivity contribution >= 4 is 0 Å². The smallest absolute Gasteiger partial charge is 0.124 e. The zero-order valence-electron chi connectivity index (χ0n) is 11.7. The molecule has 0 saturated carbocycles. The van der Waals surface area contributed by atoms with Gasteiger partial charge in [-0.3, -0.25) is 0 Å². The van der Waals surface area contributed by atoms with Crippen molar-refractivity contribution in [2.24, 2.45) is 0 Å². The third-order valence-corrected chi connectivity index (χ3v) is 3.05. The molecule has 1 aromatic carbocycles. The Morgan fingerprint density at radius 1 is 1.24 bits per heavy atom. The molecule has 2 atom stereocenters. The van der Waals surface area contributed by atoms with Crippen molar-refractivity contribution in [1.29, 1.82) is 0 Å². The van der Waals surface area contributed by atoms with E-state index in [1.807, 2.05) is 0 Å². The van der Waals surface area contributed by atoms with Gasteiger partial charge in [0.25, 0.3) is 0 Å². The Morgan fingerprint density at radius 2 is 1.94 bits per heavy atom. The summed E-state index contributed by atoms with van der Waals surface area (Å²) in [4.78, 5) is 0. The van der Waals surface area contributed by atoms with Gasteiger partial charge >= 0.3 is 0 Å². The van der Waals surface area contributed by atoms with Crippen molar-refractivity contribution in [2.45, 2.75) is 53.2 Å². The van der Waals surface area contributed by atoms with Crippen LogP contribution in [0.3, 0.4) is 0 Å². The standard InChI is InChI=1S/C15H25NO/c1-6-12(4)17-15-9-8-11(3)10-14(15)13(5)16-7-2/h8-10,12-13,16H,6-7H2,1-5H3. The lowest BCUT2D eigenvalue weighted by atomic mass is 10.0. The van der Waals surface area contributed by atoms with E-state index in [9.17, 15) is 0 Å². The molecule has 17 heavy (non-hydrogen) atoms. The Labute approximate surface area is 105 Å². The highest BCUT2D eigenvalue weighted by molar-refractivity contribution is 5.39. The van der Waals surface area contributed by atoms with Gasteiger partial charge in [0.1, 0.15) is 5.75 Å². The first-order valence-electron chi connectivity index (χ1n) is 6.59. The normalized spacial score (nSPS) is 14.4. The summed E-state index contributed by atoms with van der Waals surface area (Å²) < 4.78 is 5.98. The van der Waals surface area contributed by atoms with Crippen LogP contribution < -0.4 is 10.1 Å². The second-order valence-electron chi connectivity index (χ2n) is 4.66. The number of aryl methyl sites for hydroxylation is 1. The second kappa shape index (κ2) is 6.65. The summed E-state index contributed by atoms with van der Waals surface area (Å²) in [7, 11) is 0. The van der Waals surface area contributed by atoms with Gasteiger partial charge in [-0.25, -0.2) is 0 Å². The summed E-state index contributed by atoms with van der Waals surface area (Å²) in [6.07, 6.45) is 1.30. The van der Waals surface area contributed by atoms with E-state index in [1.165, 1.54) is 11.1 Å². The molecule has 0 aromatic heterocycles. The molecule has 0 fully saturated rings.